The number of anilines is 1. The van der Waals surface area contributed by atoms with Crippen LogP contribution < -0.4 is 10.7 Å². The zero-order valence-electron chi connectivity index (χ0n) is 17.2. The number of carboxylic acid groups (broad SMARTS) is 1. The fraction of sp³-hybridized carbons (Fsp3) is 0.125. The van der Waals surface area contributed by atoms with Crippen LogP contribution in [0.2, 0.25) is 0 Å². The van der Waals surface area contributed by atoms with Gasteiger partial charge >= 0.3 is 5.97 Å². The van der Waals surface area contributed by atoms with Crippen LogP contribution >= 0.6 is 12.2 Å². The van der Waals surface area contributed by atoms with Crippen LogP contribution in [-0.4, -0.2) is 21.2 Å². The fourth-order valence-electron chi connectivity index (χ4n) is 3.37. The van der Waals surface area contributed by atoms with Gasteiger partial charge in [-0.2, -0.15) is 0 Å². The van der Waals surface area contributed by atoms with E-state index in [0.29, 0.717) is 44.1 Å². The zero-order chi connectivity index (χ0) is 22.7. The molecule has 1 aliphatic carbocycles. The largest absolute Gasteiger partial charge is 0.508 e. The first-order valence-corrected chi connectivity index (χ1v) is 10.1. The van der Waals surface area contributed by atoms with Crippen LogP contribution in [0.4, 0.5) is 5.69 Å². The van der Waals surface area contributed by atoms with Gasteiger partial charge in [-0.25, -0.2) is 4.79 Å². The summed E-state index contributed by atoms with van der Waals surface area (Å²) in [7, 11) is 0. The second-order valence-electron chi connectivity index (χ2n) is 6.56. The van der Waals surface area contributed by atoms with Crippen LogP contribution in [-0.2, 0) is 0 Å². The number of benzene rings is 3. The summed E-state index contributed by atoms with van der Waals surface area (Å²) < 4.78 is 5.81. The Morgan fingerprint density at radius 3 is 2.39 bits per heavy atom. The second kappa shape index (κ2) is 8.97. The van der Waals surface area contributed by atoms with Crippen molar-refractivity contribution in [1.82, 2.24) is 0 Å². The highest BCUT2D eigenvalue weighted by atomic mass is 32.1. The van der Waals surface area contributed by atoms with E-state index in [1.54, 1.807) is 31.2 Å². The topological polar surface area (TPSA) is 99.8 Å². The van der Waals surface area contributed by atoms with Crippen LogP contribution in [0.1, 0.15) is 31.1 Å². The molecule has 2 aromatic rings. The molecule has 158 valence electrons. The molecule has 31 heavy (non-hydrogen) atoms. The number of aromatic carboxylic acids is 1. The van der Waals surface area contributed by atoms with Gasteiger partial charge in [-0.3, -0.25) is 4.79 Å². The molecule has 0 fully saturated rings. The van der Waals surface area contributed by atoms with Crippen molar-refractivity contribution in [2.24, 2.45) is 0 Å². The normalized spacial score (nSPS) is 10.4. The lowest BCUT2D eigenvalue weighted by Crippen LogP contribution is -2.07. The highest BCUT2D eigenvalue weighted by Crippen LogP contribution is 2.42. The molecular weight excluding hydrogens is 414 g/mol. The number of thiocarbonyl (C=S) groups is 1. The molecule has 0 atom stereocenters. The minimum Gasteiger partial charge on any atom is -0.508 e. The van der Waals surface area contributed by atoms with Gasteiger partial charge < -0.3 is 19.9 Å². The maximum atomic E-state index is 12.0. The molecule has 0 amide bonds. The Bertz CT molecular complexity index is 1330. The van der Waals surface area contributed by atoms with Gasteiger partial charge in [-0.15, -0.1) is 0 Å². The Hall–Kier alpha value is -3.71. The van der Waals surface area contributed by atoms with Crippen LogP contribution in [0.15, 0.2) is 63.8 Å². The molecule has 7 heteroatoms. The third-order valence-corrected chi connectivity index (χ3v) is 4.62. The Morgan fingerprint density at radius 1 is 1.00 bits per heavy atom. The van der Waals surface area contributed by atoms with Gasteiger partial charge in [0.15, 0.2) is 5.43 Å². The quantitative estimate of drug-likeness (QED) is 0.278. The second-order valence-corrected chi connectivity index (χ2v) is 7.17. The van der Waals surface area contributed by atoms with Crippen LogP contribution in [0.3, 0.4) is 0 Å². The molecule has 0 unspecified atom stereocenters. The van der Waals surface area contributed by atoms with Crippen LogP contribution in [0.5, 0.6) is 5.75 Å². The first-order valence-electron chi connectivity index (χ1n) is 9.68. The summed E-state index contributed by atoms with van der Waals surface area (Å²) in [4.78, 5) is 24.4. The van der Waals surface area contributed by atoms with E-state index in [0.717, 1.165) is 0 Å². The van der Waals surface area contributed by atoms with Crippen LogP contribution in [0, 0.1) is 0 Å². The number of nitrogens with one attached hydrogen (secondary N) is 1. The Balaban J connectivity index is 0.00000132. The van der Waals surface area contributed by atoms with Crippen molar-refractivity contribution in [3.8, 4) is 28.2 Å². The Morgan fingerprint density at radius 2 is 1.71 bits per heavy atom. The van der Waals surface area contributed by atoms with E-state index >= 15 is 0 Å². The molecular formula is C24H21NO5S. The Labute approximate surface area is 184 Å². The molecule has 1 heterocycles. The number of hydrogen-bond donors (Lipinski definition) is 3. The van der Waals surface area contributed by atoms with Crippen molar-refractivity contribution in [1.29, 1.82) is 0 Å². The van der Waals surface area contributed by atoms with E-state index in [2.05, 4.69) is 5.32 Å². The first kappa shape index (κ1) is 22.0. The average Bonchev–Trinajstić information content (AvgIpc) is 2.73. The number of rotatable bonds is 3. The monoisotopic (exact) mass is 435 g/mol. The first-order chi connectivity index (χ1) is 14.8. The predicted molar refractivity (Wildman–Crippen MR) is 126 cm³/mol. The Kier molecular flexibility index (Phi) is 6.36. The number of phenols is 1. The van der Waals surface area contributed by atoms with Gasteiger partial charge in [0.1, 0.15) is 17.1 Å². The van der Waals surface area contributed by atoms with E-state index in [1.165, 1.54) is 30.3 Å². The summed E-state index contributed by atoms with van der Waals surface area (Å²) in [6, 6.07) is 13.9. The third kappa shape index (κ3) is 4.41. The molecule has 4 rings (SSSR count). The standard InChI is InChI=1S/C22H15NO5S.C2H6/c1-11(29)23-12-2-5-15(18(8-12)22(26)27)21-16-6-3-13(24)9-19(16)28-20-10-14(25)4-7-17(20)21;1-2/h2-10,24H,1H3,(H,23,29)(H,26,27);1-2H3. The molecule has 0 radical (unpaired) electrons. The van der Waals surface area contributed by atoms with Crippen molar-refractivity contribution in [2.75, 3.05) is 5.32 Å². The van der Waals surface area contributed by atoms with Gasteiger partial charge in [-0.1, -0.05) is 32.1 Å². The third-order valence-electron chi connectivity index (χ3n) is 4.52. The molecule has 6 nitrogen and oxygen atoms in total. The zero-order valence-corrected chi connectivity index (χ0v) is 18.0. The highest BCUT2D eigenvalue weighted by molar-refractivity contribution is 7.80. The van der Waals surface area contributed by atoms with E-state index in [1.807, 2.05) is 13.8 Å². The minimum absolute atomic E-state index is 0.000655. The molecule has 2 aromatic carbocycles. The molecule has 0 bridgehead atoms. The van der Waals surface area contributed by atoms with Gasteiger partial charge in [0.2, 0.25) is 0 Å². The fourth-order valence-corrected chi connectivity index (χ4v) is 3.49. The summed E-state index contributed by atoms with van der Waals surface area (Å²) in [5.41, 5.74) is 2.39. The summed E-state index contributed by atoms with van der Waals surface area (Å²) in [6.45, 7) is 5.70. The SMILES string of the molecule is CC.CC(=S)Nc1ccc(-c2c3ccc(=O)cc-3oc3cc(O)ccc23)c(C(=O)O)c1. The average molecular weight is 436 g/mol. The summed E-state index contributed by atoms with van der Waals surface area (Å²) in [5.74, 6) is -0.801. The van der Waals surface area contributed by atoms with Crippen molar-refractivity contribution >= 4 is 39.8 Å². The van der Waals surface area contributed by atoms with Crippen molar-refractivity contribution < 1.29 is 19.4 Å². The van der Waals surface area contributed by atoms with E-state index in [4.69, 9.17) is 16.6 Å². The van der Waals surface area contributed by atoms with E-state index in [9.17, 15) is 19.8 Å². The maximum Gasteiger partial charge on any atom is 0.336 e. The van der Waals surface area contributed by atoms with Gasteiger partial charge in [-0.05, 0) is 48.9 Å². The molecule has 1 aliphatic heterocycles. The van der Waals surface area contributed by atoms with E-state index < -0.39 is 5.97 Å². The molecule has 0 saturated carbocycles. The number of carboxylic acids is 1. The summed E-state index contributed by atoms with van der Waals surface area (Å²) in [6.07, 6.45) is 0. The van der Waals surface area contributed by atoms with Crippen molar-refractivity contribution in [3.05, 3.63) is 70.4 Å². The number of carbonyl (C=O) groups is 1. The molecule has 2 aliphatic rings. The lowest BCUT2D eigenvalue weighted by atomic mass is 9.90. The smallest absolute Gasteiger partial charge is 0.336 e. The molecule has 0 aromatic heterocycles. The minimum atomic E-state index is -1.10. The van der Waals surface area contributed by atoms with Gasteiger partial charge in [0.05, 0.1) is 10.6 Å². The number of hydrogen-bond acceptors (Lipinski definition) is 5. The van der Waals surface area contributed by atoms with Crippen LogP contribution in [0.25, 0.3) is 33.4 Å². The van der Waals surface area contributed by atoms with Crippen molar-refractivity contribution in [2.45, 2.75) is 20.8 Å². The number of phenolic OH excluding ortho intramolecular Hbond substituents is 1. The van der Waals surface area contributed by atoms with Gasteiger partial charge in [0, 0.05) is 34.3 Å². The highest BCUT2D eigenvalue weighted by Gasteiger charge is 2.22. The van der Waals surface area contributed by atoms with E-state index in [-0.39, 0.29) is 16.7 Å². The lowest BCUT2D eigenvalue weighted by Gasteiger charge is -2.17. The van der Waals surface area contributed by atoms with Crippen molar-refractivity contribution in [3.63, 3.8) is 0 Å². The summed E-state index contributed by atoms with van der Waals surface area (Å²) >= 11 is 5.04. The summed E-state index contributed by atoms with van der Waals surface area (Å²) in [5, 5.41) is 23.2. The maximum absolute atomic E-state index is 12.0. The molecule has 3 N–H and O–H groups in total. The lowest BCUT2D eigenvalue weighted by molar-refractivity contribution is 0.0698. The number of aromatic hydroxyl groups is 1. The van der Waals surface area contributed by atoms with Gasteiger partial charge in [0.25, 0.3) is 0 Å². The predicted octanol–water partition coefficient (Wildman–Crippen LogP) is 5.75. The molecule has 0 saturated heterocycles. The molecule has 0 spiro atoms. The number of fused-ring (bicyclic) bond motifs is 2.